The molecule has 3 nitrogen and oxygen atoms in total. The number of esters is 1. The Hall–Kier alpha value is -1.07. The Morgan fingerprint density at radius 3 is 2.90 bits per heavy atom. The molecule has 1 aliphatic rings. The quantitative estimate of drug-likeness (QED) is 0.617. The molecule has 1 aromatic carbocycles. The molecule has 0 radical (unpaired) electrons. The minimum atomic E-state index is -0.202. The third-order valence-corrected chi connectivity index (χ3v) is 4.52. The lowest BCUT2D eigenvalue weighted by Crippen LogP contribution is -2.40. The molecule has 1 aromatic rings. The van der Waals surface area contributed by atoms with E-state index in [2.05, 4.69) is 4.90 Å². The van der Waals surface area contributed by atoms with Crippen molar-refractivity contribution < 1.29 is 13.9 Å². The molecule has 1 atom stereocenters. The number of rotatable bonds is 5. The van der Waals surface area contributed by atoms with Crippen molar-refractivity contribution in [2.75, 3.05) is 32.5 Å². The van der Waals surface area contributed by atoms with Gasteiger partial charge >= 0.3 is 5.97 Å². The van der Waals surface area contributed by atoms with E-state index in [1.54, 1.807) is 23.9 Å². The van der Waals surface area contributed by atoms with E-state index in [0.29, 0.717) is 0 Å². The van der Waals surface area contributed by atoms with Gasteiger partial charge in [0.1, 0.15) is 5.82 Å². The Labute approximate surface area is 123 Å². The number of carbonyl (C=O) groups is 1. The van der Waals surface area contributed by atoms with Crippen LogP contribution in [0.4, 0.5) is 4.39 Å². The van der Waals surface area contributed by atoms with E-state index < -0.39 is 0 Å². The van der Waals surface area contributed by atoms with E-state index in [-0.39, 0.29) is 17.7 Å². The van der Waals surface area contributed by atoms with Crippen LogP contribution in [0.3, 0.4) is 0 Å². The third kappa shape index (κ3) is 4.49. The van der Waals surface area contributed by atoms with Crippen molar-refractivity contribution >= 4 is 17.7 Å². The van der Waals surface area contributed by atoms with Crippen LogP contribution >= 0.6 is 11.8 Å². The van der Waals surface area contributed by atoms with E-state index >= 15 is 0 Å². The molecule has 0 bridgehead atoms. The van der Waals surface area contributed by atoms with Crippen molar-refractivity contribution in [3.63, 3.8) is 0 Å². The molecule has 0 amide bonds. The maximum atomic E-state index is 12.8. The average Bonchev–Trinajstić information content (AvgIpc) is 2.49. The highest BCUT2D eigenvalue weighted by molar-refractivity contribution is 7.99. The van der Waals surface area contributed by atoms with Crippen LogP contribution in [0.15, 0.2) is 29.2 Å². The summed E-state index contributed by atoms with van der Waals surface area (Å²) in [5.41, 5.74) is 0. The van der Waals surface area contributed by atoms with Gasteiger partial charge in [-0.2, -0.15) is 0 Å². The number of likely N-dealkylation sites (tertiary alicyclic amines) is 1. The third-order valence-electron chi connectivity index (χ3n) is 3.53. The molecular formula is C15H20FNO2S. The Morgan fingerprint density at radius 2 is 2.20 bits per heavy atom. The van der Waals surface area contributed by atoms with Crippen molar-refractivity contribution in [1.82, 2.24) is 4.90 Å². The number of piperidine rings is 1. The van der Waals surface area contributed by atoms with Crippen LogP contribution in [-0.2, 0) is 9.53 Å². The van der Waals surface area contributed by atoms with Crippen LogP contribution in [0.25, 0.3) is 0 Å². The SMILES string of the molecule is COC(=O)C1CCCN(CCSc2ccc(F)cc2)C1. The topological polar surface area (TPSA) is 29.5 Å². The minimum absolute atomic E-state index is 0.0181. The normalized spacial score (nSPS) is 19.8. The van der Waals surface area contributed by atoms with Crippen LogP contribution in [0.1, 0.15) is 12.8 Å². The fourth-order valence-corrected chi connectivity index (χ4v) is 3.35. The molecule has 0 saturated carbocycles. The first kappa shape index (κ1) is 15.3. The number of carbonyl (C=O) groups excluding carboxylic acids is 1. The fraction of sp³-hybridized carbons (Fsp3) is 0.533. The lowest BCUT2D eigenvalue weighted by Gasteiger charge is -2.31. The van der Waals surface area contributed by atoms with Crippen LogP contribution in [0, 0.1) is 11.7 Å². The summed E-state index contributed by atoms with van der Waals surface area (Å²) in [6.07, 6.45) is 1.97. The summed E-state index contributed by atoms with van der Waals surface area (Å²) in [7, 11) is 1.45. The van der Waals surface area contributed by atoms with E-state index in [4.69, 9.17) is 4.74 Å². The minimum Gasteiger partial charge on any atom is -0.469 e. The second-order valence-corrected chi connectivity index (χ2v) is 6.13. The van der Waals surface area contributed by atoms with Gasteiger partial charge in [-0.05, 0) is 43.7 Å². The highest BCUT2D eigenvalue weighted by Gasteiger charge is 2.25. The zero-order valence-electron chi connectivity index (χ0n) is 11.7. The second kappa shape index (κ2) is 7.64. The van der Waals surface area contributed by atoms with Gasteiger partial charge in [-0.25, -0.2) is 4.39 Å². The molecule has 20 heavy (non-hydrogen) atoms. The van der Waals surface area contributed by atoms with Gasteiger partial charge in [0.2, 0.25) is 0 Å². The molecule has 1 saturated heterocycles. The van der Waals surface area contributed by atoms with Gasteiger partial charge in [0.25, 0.3) is 0 Å². The van der Waals surface area contributed by atoms with Crippen LogP contribution in [0.5, 0.6) is 0 Å². The molecule has 0 spiro atoms. The number of thioether (sulfide) groups is 1. The summed E-state index contributed by atoms with van der Waals surface area (Å²) in [4.78, 5) is 14.9. The highest BCUT2D eigenvalue weighted by atomic mass is 32.2. The van der Waals surface area contributed by atoms with Crippen molar-refractivity contribution in [2.24, 2.45) is 5.92 Å². The first-order valence-electron chi connectivity index (χ1n) is 6.87. The van der Waals surface area contributed by atoms with Gasteiger partial charge in [-0.15, -0.1) is 11.8 Å². The summed E-state index contributed by atoms with van der Waals surface area (Å²) in [6, 6.07) is 6.56. The van der Waals surface area contributed by atoms with Gasteiger partial charge in [0.15, 0.2) is 0 Å². The molecule has 1 unspecified atom stereocenters. The molecule has 1 aliphatic heterocycles. The van der Waals surface area contributed by atoms with Crippen molar-refractivity contribution in [1.29, 1.82) is 0 Å². The van der Waals surface area contributed by atoms with Crippen molar-refractivity contribution in [3.05, 3.63) is 30.1 Å². The number of methoxy groups -OCH3 is 1. The summed E-state index contributed by atoms with van der Waals surface area (Å²) < 4.78 is 17.6. The Kier molecular flexibility index (Phi) is 5.86. The predicted molar refractivity (Wildman–Crippen MR) is 78.3 cm³/mol. The number of hydrogen-bond donors (Lipinski definition) is 0. The van der Waals surface area contributed by atoms with Crippen LogP contribution in [-0.4, -0.2) is 43.4 Å². The van der Waals surface area contributed by atoms with Gasteiger partial charge in [0, 0.05) is 23.7 Å². The van der Waals surface area contributed by atoms with Gasteiger partial charge in [-0.3, -0.25) is 4.79 Å². The molecule has 1 heterocycles. The fourth-order valence-electron chi connectivity index (χ4n) is 2.44. The highest BCUT2D eigenvalue weighted by Crippen LogP contribution is 2.21. The standard InChI is InChI=1S/C15H20FNO2S/c1-19-15(18)12-3-2-8-17(11-12)9-10-20-14-6-4-13(16)5-7-14/h4-7,12H,2-3,8-11H2,1H3. The Morgan fingerprint density at radius 1 is 1.45 bits per heavy atom. The maximum absolute atomic E-state index is 12.8. The zero-order chi connectivity index (χ0) is 14.4. The van der Waals surface area contributed by atoms with Crippen molar-refractivity contribution in [2.45, 2.75) is 17.7 Å². The van der Waals surface area contributed by atoms with Gasteiger partial charge in [-0.1, -0.05) is 0 Å². The lowest BCUT2D eigenvalue weighted by molar-refractivity contribution is -0.147. The van der Waals surface area contributed by atoms with Gasteiger partial charge < -0.3 is 9.64 Å². The number of halogens is 1. The monoisotopic (exact) mass is 297 g/mol. The Balaban J connectivity index is 1.73. The summed E-state index contributed by atoms with van der Waals surface area (Å²) in [6.45, 7) is 2.77. The smallest absolute Gasteiger partial charge is 0.309 e. The van der Waals surface area contributed by atoms with E-state index in [9.17, 15) is 9.18 Å². The van der Waals surface area contributed by atoms with Crippen LogP contribution < -0.4 is 0 Å². The second-order valence-electron chi connectivity index (χ2n) is 4.97. The summed E-state index contributed by atoms with van der Waals surface area (Å²) in [5, 5.41) is 0. The number of hydrogen-bond acceptors (Lipinski definition) is 4. The molecular weight excluding hydrogens is 277 g/mol. The Bertz CT molecular complexity index is 438. The van der Waals surface area contributed by atoms with E-state index in [1.165, 1.54) is 19.2 Å². The van der Waals surface area contributed by atoms with Gasteiger partial charge in [0.05, 0.1) is 13.0 Å². The van der Waals surface area contributed by atoms with Crippen LogP contribution in [0.2, 0.25) is 0 Å². The van der Waals surface area contributed by atoms with Crippen molar-refractivity contribution in [3.8, 4) is 0 Å². The summed E-state index contributed by atoms with van der Waals surface area (Å²) in [5.74, 6) is 0.663. The number of nitrogens with zero attached hydrogens (tertiary/aromatic N) is 1. The molecule has 0 aromatic heterocycles. The van der Waals surface area contributed by atoms with E-state index in [0.717, 1.165) is 43.1 Å². The lowest BCUT2D eigenvalue weighted by atomic mass is 9.98. The maximum Gasteiger partial charge on any atom is 0.309 e. The molecule has 0 N–H and O–H groups in total. The van der Waals surface area contributed by atoms with E-state index in [1.807, 2.05) is 0 Å². The number of benzene rings is 1. The zero-order valence-corrected chi connectivity index (χ0v) is 12.5. The molecule has 0 aliphatic carbocycles. The molecule has 110 valence electrons. The predicted octanol–water partition coefficient (Wildman–Crippen LogP) is 2.80. The molecule has 2 rings (SSSR count). The number of ether oxygens (including phenoxy) is 1. The first-order valence-corrected chi connectivity index (χ1v) is 7.86. The first-order chi connectivity index (χ1) is 9.69. The molecule has 5 heteroatoms. The summed E-state index contributed by atoms with van der Waals surface area (Å²) >= 11 is 1.71. The molecule has 1 fully saturated rings. The average molecular weight is 297 g/mol. The largest absolute Gasteiger partial charge is 0.469 e.